The second-order valence-corrected chi connectivity index (χ2v) is 8.45. The van der Waals surface area contributed by atoms with Crippen LogP contribution in [0, 0.1) is 11.2 Å². The molecule has 1 aromatic carbocycles. The zero-order chi connectivity index (χ0) is 20.9. The van der Waals surface area contributed by atoms with Gasteiger partial charge in [-0.25, -0.2) is 4.39 Å². The lowest BCUT2D eigenvalue weighted by Crippen LogP contribution is -2.34. The average molecular weight is 410 g/mol. The largest absolute Gasteiger partial charge is 0.339 e. The Labute approximate surface area is 173 Å². The predicted octanol–water partition coefficient (Wildman–Crippen LogP) is 2.17. The van der Waals surface area contributed by atoms with Gasteiger partial charge in [-0.1, -0.05) is 5.16 Å². The van der Waals surface area contributed by atoms with E-state index in [4.69, 9.17) is 4.52 Å². The molecule has 2 aliphatic rings. The van der Waals surface area contributed by atoms with Crippen molar-refractivity contribution in [2.24, 2.45) is 12.5 Å². The van der Waals surface area contributed by atoms with Gasteiger partial charge in [-0.15, -0.1) is 0 Å². The van der Waals surface area contributed by atoms with Crippen molar-refractivity contribution in [1.29, 1.82) is 0 Å². The molecule has 2 aromatic heterocycles. The van der Waals surface area contributed by atoms with Crippen molar-refractivity contribution >= 4 is 5.91 Å². The highest BCUT2D eigenvalue weighted by Gasteiger charge is 2.53. The van der Waals surface area contributed by atoms with E-state index in [2.05, 4.69) is 27.2 Å². The van der Waals surface area contributed by atoms with E-state index in [1.54, 1.807) is 36.3 Å². The highest BCUT2D eigenvalue weighted by atomic mass is 19.1. The minimum atomic E-state index is -0.309. The van der Waals surface area contributed by atoms with Gasteiger partial charge in [-0.3, -0.25) is 9.48 Å². The number of aryl methyl sites for hydroxylation is 1. The fourth-order valence-corrected chi connectivity index (χ4v) is 4.79. The Kier molecular flexibility index (Phi) is 4.43. The number of carbonyl (C=O) groups is 1. The minimum absolute atomic E-state index is 0.0298. The van der Waals surface area contributed by atoms with E-state index < -0.39 is 0 Å². The van der Waals surface area contributed by atoms with Gasteiger partial charge in [0.15, 0.2) is 0 Å². The Morgan fingerprint density at radius 2 is 2.03 bits per heavy atom. The molecular formula is C21H23FN6O2. The Morgan fingerprint density at radius 3 is 2.70 bits per heavy atom. The van der Waals surface area contributed by atoms with Crippen LogP contribution in [0.1, 0.15) is 28.6 Å². The topological polar surface area (TPSA) is 80.3 Å². The molecule has 2 fully saturated rings. The van der Waals surface area contributed by atoms with E-state index >= 15 is 0 Å². The van der Waals surface area contributed by atoms with Crippen LogP contribution in [0.25, 0.3) is 11.4 Å². The number of hydrogen-bond acceptors (Lipinski definition) is 6. The number of likely N-dealkylation sites (tertiary alicyclic amines) is 2. The summed E-state index contributed by atoms with van der Waals surface area (Å²) in [5.74, 6) is 0.577. The second-order valence-electron chi connectivity index (χ2n) is 8.45. The fraction of sp³-hybridized carbons (Fsp3) is 0.429. The van der Waals surface area contributed by atoms with Crippen LogP contribution in [-0.2, 0) is 7.05 Å². The molecule has 0 bridgehead atoms. The minimum Gasteiger partial charge on any atom is -0.339 e. The molecule has 0 radical (unpaired) electrons. The van der Waals surface area contributed by atoms with Crippen LogP contribution in [0.3, 0.4) is 0 Å². The zero-order valence-electron chi connectivity index (χ0n) is 17.0. The van der Waals surface area contributed by atoms with Gasteiger partial charge in [0.1, 0.15) is 5.82 Å². The highest BCUT2D eigenvalue weighted by Crippen LogP contribution is 2.48. The van der Waals surface area contributed by atoms with E-state index in [1.165, 1.54) is 12.1 Å². The van der Waals surface area contributed by atoms with Crippen LogP contribution in [-0.4, -0.2) is 68.9 Å². The molecule has 0 saturated carbocycles. The van der Waals surface area contributed by atoms with E-state index in [0.29, 0.717) is 35.9 Å². The first-order chi connectivity index (χ1) is 14.4. The third kappa shape index (κ3) is 3.19. The third-order valence-corrected chi connectivity index (χ3v) is 6.31. The lowest BCUT2D eigenvalue weighted by molar-refractivity contribution is 0.0773. The maximum Gasteiger partial charge on any atom is 0.257 e. The van der Waals surface area contributed by atoms with Crippen LogP contribution >= 0.6 is 0 Å². The molecule has 5 rings (SSSR count). The normalized spacial score (nSPS) is 24.2. The Bertz CT molecular complexity index is 1080. The van der Waals surface area contributed by atoms with Gasteiger partial charge in [-0.2, -0.15) is 10.1 Å². The molecule has 4 heterocycles. The van der Waals surface area contributed by atoms with Crippen LogP contribution in [0.15, 0.2) is 41.2 Å². The second kappa shape index (κ2) is 7.02. The number of carbonyl (C=O) groups excluding carboxylic acids is 1. The van der Waals surface area contributed by atoms with E-state index in [0.717, 1.165) is 19.5 Å². The average Bonchev–Trinajstić information content (AvgIpc) is 3.50. The van der Waals surface area contributed by atoms with Crippen LogP contribution in [0.2, 0.25) is 0 Å². The third-order valence-electron chi connectivity index (χ3n) is 6.31. The van der Waals surface area contributed by atoms with Gasteiger partial charge in [0, 0.05) is 43.9 Å². The molecule has 0 aliphatic carbocycles. The van der Waals surface area contributed by atoms with Crippen LogP contribution in [0.4, 0.5) is 4.39 Å². The number of amides is 1. The molecule has 30 heavy (non-hydrogen) atoms. The van der Waals surface area contributed by atoms with Gasteiger partial charge < -0.3 is 14.3 Å². The van der Waals surface area contributed by atoms with Crippen molar-refractivity contribution in [1.82, 2.24) is 29.7 Å². The molecular weight excluding hydrogens is 387 g/mol. The van der Waals surface area contributed by atoms with Gasteiger partial charge in [0.25, 0.3) is 5.91 Å². The van der Waals surface area contributed by atoms with Crippen molar-refractivity contribution in [2.45, 2.75) is 12.3 Å². The Balaban J connectivity index is 1.45. The van der Waals surface area contributed by atoms with Crippen molar-refractivity contribution in [3.05, 3.63) is 53.9 Å². The molecule has 9 heteroatoms. The van der Waals surface area contributed by atoms with Crippen molar-refractivity contribution in [2.75, 3.05) is 33.2 Å². The maximum atomic E-state index is 13.2. The molecule has 2 atom stereocenters. The van der Waals surface area contributed by atoms with Gasteiger partial charge in [-0.05, 0) is 44.3 Å². The number of aromatic nitrogens is 4. The summed E-state index contributed by atoms with van der Waals surface area (Å²) in [7, 11) is 3.89. The fourth-order valence-electron chi connectivity index (χ4n) is 4.79. The monoisotopic (exact) mass is 410 g/mol. The summed E-state index contributed by atoms with van der Waals surface area (Å²) in [6, 6.07) is 6.03. The van der Waals surface area contributed by atoms with Gasteiger partial charge in [0.05, 0.1) is 17.7 Å². The lowest BCUT2D eigenvalue weighted by atomic mass is 9.77. The van der Waals surface area contributed by atoms with E-state index in [1.807, 2.05) is 4.90 Å². The number of rotatable bonds is 3. The number of halogens is 1. The van der Waals surface area contributed by atoms with Gasteiger partial charge >= 0.3 is 0 Å². The Hall–Kier alpha value is -3.07. The molecule has 2 aliphatic heterocycles. The number of benzene rings is 1. The standard InChI is InChI=1S/C21H23FN6O2/c1-26-8-7-21(12-26)13-28(20(29)15-9-23-27(2)10-15)11-17(21)19-24-18(25-30-19)14-3-5-16(22)6-4-14/h3-6,9-10,17H,7-8,11-13H2,1-2H3. The van der Waals surface area contributed by atoms with Crippen molar-refractivity contribution in [3.63, 3.8) is 0 Å². The van der Waals surface area contributed by atoms with Gasteiger partial charge in [0.2, 0.25) is 11.7 Å². The summed E-state index contributed by atoms with van der Waals surface area (Å²) < 4.78 is 20.5. The summed E-state index contributed by atoms with van der Waals surface area (Å²) in [5.41, 5.74) is 1.15. The zero-order valence-corrected chi connectivity index (χ0v) is 17.0. The Morgan fingerprint density at radius 1 is 1.23 bits per heavy atom. The number of hydrogen-bond donors (Lipinski definition) is 0. The maximum absolute atomic E-state index is 13.2. The molecule has 156 valence electrons. The predicted molar refractivity (Wildman–Crippen MR) is 106 cm³/mol. The smallest absolute Gasteiger partial charge is 0.257 e. The summed E-state index contributed by atoms with van der Waals surface area (Å²) in [4.78, 5) is 21.9. The number of nitrogens with zero attached hydrogens (tertiary/aromatic N) is 6. The summed E-state index contributed by atoms with van der Waals surface area (Å²) in [6.07, 6.45) is 4.30. The molecule has 2 saturated heterocycles. The first-order valence-corrected chi connectivity index (χ1v) is 9.99. The molecule has 3 aromatic rings. The first-order valence-electron chi connectivity index (χ1n) is 9.99. The van der Waals surface area contributed by atoms with Crippen LogP contribution in [0.5, 0.6) is 0 Å². The lowest BCUT2D eigenvalue weighted by Gasteiger charge is -2.27. The van der Waals surface area contributed by atoms with Crippen molar-refractivity contribution in [3.8, 4) is 11.4 Å². The van der Waals surface area contributed by atoms with E-state index in [9.17, 15) is 9.18 Å². The molecule has 1 spiro atoms. The molecule has 0 N–H and O–H groups in total. The molecule has 1 amide bonds. The van der Waals surface area contributed by atoms with Crippen molar-refractivity contribution < 1.29 is 13.7 Å². The first kappa shape index (κ1) is 18.9. The van der Waals surface area contributed by atoms with E-state index in [-0.39, 0.29) is 23.1 Å². The van der Waals surface area contributed by atoms with Crippen LogP contribution < -0.4 is 0 Å². The summed E-state index contributed by atoms with van der Waals surface area (Å²) >= 11 is 0. The summed E-state index contributed by atoms with van der Waals surface area (Å²) in [6.45, 7) is 2.99. The quantitative estimate of drug-likeness (QED) is 0.658. The SMILES string of the molecule is CN1CCC2(C1)CN(C(=O)c1cnn(C)c1)CC2c1nc(-c2ccc(F)cc2)no1. The highest BCUT2D eigenvalue weighted by molar-refractivity contribution is 5.94. The summed E-state index contributed by atoms with van der Waals surface area (Å²) in [5, 5.41) is 8.25. The molecule has 8 nitrogen and oxygen atoms in total. The molecule has 2 unspecified atom stereocenters.